The zero-order valence-electron chi connectivity index (χ0n) is 11.6. The molecule has 0 saturated carbocycles. The fraction of sp³-hybridized carbons (Fsp3) is 0.462. The van der Waals surface area contributed by atoms with Gasteiger partial charge in [-0.25, -0.2) is 4.68 Å². The van der Waals surface area contributed by atoms with E-state index in [-0.39, 0.29) is 0 Å². The van der Waals surface area contributed by atoms with Gasteiger partial charge >= 0.3 is 0 Å². The minimum Gasteiger partial charge on any atom is -0.318 e. The smallest absolute Gasteiger partial charge is 0.143 e. The average molecular weight is 260 g/mol. The maximum absolute atomic E-state index is 3.91. The Hall–Kier alpha value is -1.79. The van der Waals surface area contributed by atoms with E-state index in [0.717, 1.165) is 18.8 Å². The lowest BCUT2D eigenvalue weighted by atomic mass is 10.1. The first-order valence-electron chi connectivity index (χ1n) is 6.40. The molecule has 0 amide bonds. The molecule has 19 heavy (non-hydrogen) atoms. The molecule has 1 atom stereocenters. The first kappa shape index (κ1) is 13.6. The third kappa shape index (κ3) is 3.36. The van der Waals surface area contributed by atoms with Crippen molar-refractivity contribution in [1.82, 2.24) is 30.4 Å². The SMILES string of the molecule is CNCCN(C)C(C)c1cccc(-n2cnnn2)c1. The van der Waals surface area contributed by atoms with Crippen LogP contribution in [-0.4, -0.2) is 52.3 Å². The molecule has 6 nitrogen and oxygen atoms in total. The summed E-state index contributed by atoms with van der Waals surface area (Å²) in [6.45, 7) is 4.19. The van der Waals surface area contributed by atoms with Crippen molar-refractivity contribution in [3.05, 3.63) is 36.2 Å². The first-order chi connectivity index (χ1) is 9.22. The Kier molecular flexibility index (Phi) is 4.59. The fourth-order valence-electron chi connectivity index (χ4n) is 1.94. The molecule has 2 aromatic rings. The molecule has 0 radical (unpaired) electrons. The van der Waals surface area contributed by atoms with Gasteiger partial charge < -0.3 is 5.32 Å². The standard InChI is InChI=1S/C13H20N6/c1-11(18(3)8-7-14-2)12-5-4-6-13(9-12)19-10-15-16-17-19/h4-6,9-11,14H,7-8H2,1-3H3. The number of tetrazole rings is 1. The van der Waals surface area contributed by atoms with Crippen molar-refractivity contribution in [3.63, 3.8) is 0 Å². The molecule has 0 aliphatic carbocycles. The predicted molar refractivity (Wildman–Crippen MR) is 74.1 cm³/mol. The van der Waals surface area contributed by atoms with E-state index in [9.17, 15) is 0 Å². The second-order valence-electron chi connectivity index (χ2n) is 4.61. The Bertz CT molecular complexity index is 496. The van der Waals surface area contributed by atoms with Crippen molar-refractivity contribution in [2.45, 2.75) is 13.0 Å². The van der Waals surface area contributed by atoms with E-state index in [0.29, 0.717) is 6.04 Å². The summed E-state index contributed by atoms with van der Waals surface area (Å²) < 4.78 is 1.67. The summed E-state index contributed by atoms with van der Waals surface area (Å²) in [6, 6.07) is 8.64. The number of benzene rings is 1. The lowest BCUT2D eigenvalue weighted by Crippen LogP contribution is -2.29. The van der Waals surface area contributed by atoms with E-state index in [2.05, 4.69) is 51.8 Å². The van der Waals surface area contributed by atoms with Gasteiger partial charge in [0.05, 0.1) is 5.69 Å². The van der Waals surface area contributed by atoms with Crippen molar-refractivity contribution in [3.8, 4) is 5.69 Å². The number of nitrogens with one attached hydrogen (secondary N) is 1. The molecule has 0 aliphatic heterocycles. The van der Waals surface area contributed by atoms with E-state index in [4.69, 9.17) is 0 Å². The summed E-state index contributed by atoms with van der Waals surface area (Å²) >= 11 is 0. The number of likely N-dealkylation sites (N-methyl/N-ethyl adjacent to an activating group) is 2. The molecular formula is C13H20N6. The zero-order valence-corrected chi connectivity index (χ0v) is 11.6. The minimum atomic E-state index is 0.352. The normalized spacial score (nSPS) is 12.8. The number of hydrogen-bond donors (Lipinski definition) is 1. The van der Waals surface area contributed by atoms with Gasteiger partial charge in [-0.2, -0.15) is 0 Å². The summed E-state index contributed by atoms with van der Waals surface area (Å²) in [5, 5.41) is 14.4. The number of hydrogen-bond acceptors (Lipinski definition) is 5. The lowest BCUT2D eigenvalue weighted by molar-refractivity contribution is 0.263. The number of rotatable bonds is 6. The van der Waals surface area contributed by atoms with Gasteiger partial charge in [0, 0.05) is 19.1 Å². The van der Waals surface area contributed by atoms with Crippen LogP contribution in [0.4, 0.5) is 0 Å². The van der Waals surface area contributed by atoms with Crippen LogP contribution < -0.4 is 5.32 Å². The Balaban J connectivity index is 2.14. The predicted octanol–water partition coefficient (Wildman–Crippen LogP) is 0.874. The molecule has 1 unspecified atom stereocenters. The van der Waals surface area contributed by atoms with Crippen LogP contribution in [0.3, 0.4) is 0 Å². The summed E-state index contributed by atoms with van der Waals surface area (Å²) in [5.74, 6) is 0. The van der Waals surface area contributed by atoms with Gasteiger partial charge in [-0.3, -0.25) is 4.90 Å². The Labute approximate surface area is 113 Å². The van der Waals surface area contributed by atoms with Crippen molar-refractivity contribution in [1.29, 1.82) is 0 Å². The van der Waals surface area contributed by atoms with Gasteiger partial charge in [0.25, 0.3) is 0 Å². The molecule has 1 N–H and O–H groups in total. The van der Waals surface area contributed by atoms with E-state index < -0.39 is 0 Å². The van der Waals surface area contributed by atoms with Gasteiger partial charge in [0.1, 0.15) is 6.33 Å². The molecule has 2 rings (SSSR count). The zero-order chi connectivity index (χ0) is 13.7. The summed E-state index contributed by atoms with van der Waals surface area (Å²) in [7, 11) is 4.10. The minimum absolute atomic E-state index is 0.352. The molecule has 102 valence electrons. The van der Waals surface area contributed by atoms with Crippen molar-refractivity contribution in [2.75, 3.05) is 27.2 Å². The maximum atomic E-state index is 3.91. The van der Waals surface area contributed by atoms with Gasteiger partial charge in [-0.15, -0.1) is 5.10 Å². The van der Waals surface area contributed by atoms with Gasteiger partial charge in [0.2, 0.25) is 0 Å². The van der Waals surface area contributed by atoms with Crippen molar-refractivity contribution < 1.29 is 0 Å². The van der Waals surface area contributed by atoms with E-state index in [1.165, 1.54) is 5.56 Å². The van der Waals surface area contributed by atoms with Crippen molar-refractivity contribution >= 4 is 0 Å². The van der Waals surface area contributed by atoms with Crippen LogP contribution in [0.5, 0.6) is 0 Å². The molecule has 1 aromatic heterocycles. The number of nitrogens with zero attached hydrogens (tertiary/aromatic N) is 5. The van der Waals surface area contributed by atoms with Crippen LogP contribution in [-0.2, 0) is 0 Å². The van der Waals surface area contributed by atoms with Crippen LogP contribution in [0.15, 0.2) is 30.6 Å². The van der Waals surface area contributed by atoms with Gasteiger partial charge in [-0.05, 0) is 49.1 Å². The largest absolute Gasteiger partial charge is 0.318 e. The number of aromatic nitrogens is 4. The monoisotopic (exact) mass is 260 g/mol. The van der Waals surface area contributed by atoms with Crippen LogP contribution in [0.25, 0.3) is 5.69 Å². The van der Waals surface area contributed by atoms with Crippen LogP contribution in [0.1, 0.15) is 18.5 Å². The Morgan fingerprint density at radius 3 is 2.95 bits per heavy atom. The molecule has 0 fully saturated rings. The molecule has 0 bridgehead atoms. The fourth-order valence-corrected chi connectivity index (χ4v) is 1.94. The van der Waals surface area contributed by atoms with Gasteiger partial charge in [-0.1, -0.05) is 12.1 Å². The molecule has 1 aromatic carbocycles. The Morgan fingerprint density at radius 1 is 1.42 bits per heavy atom. The van der Waals surface area contributed by atoms with Crippen LogP contribution >= 0.6 is 0 Å². The third-order valence-electron chi connectivity index (χ3n) is 3.34. The van der Waals surface area contributed by atoms with E-state index in [1.807, 2.05) is 19.2 Å². The lowest BCUT2D eigenvalue weighted by Gasteiger charge is -2.25. The summed E-state index contributed by atoms with van der Waals surface area (Å²) in [5.41, 5.74) is 2.24. The van der Waals surface area contributed by atoms with Crippen molar-refractivity contribution in [2.24, 2.45) is 0 Å². The quantitative estimate of drug-likeness (QED) is 0.835. The van der Waals surface area contributed by atoms with E-state index >= 15 is 0 Å². The Morgan fingerprint density at radius 2 is 2.26 bits per heavy atom. The second kappa shape index (κ2) is 6.40. The molecular weight excluding hydrogens is 240 g/mol. The average Bonchev–Trinajstić information content (AvgIpc) is 2.98. The first-order valence-corrected chi connectivity index (χ1v) is 6.40. The highest BCUT2D eigenvalue weighted by atomic mass is 15.5. The molecule has 1 heterocycles. The highest BCUT2D eigenvalue weighted by Crippen LogP contribution is 2.20. The molecule has 0 spiro atoms. The van der Waals surface area contributed by atoms with Crippen LogP contribution in [0.2, 0.25) is 0 Å². The highest BCUT2D eigenvalue weighted by Gasteiger charge is 2.12. The molecule has 0 aliphatic rings. The highest BCUT2D eigenvalue weighted by molar-refractivity contribution is 5.35. The third-order valence-corrected chi connectivity index (χ3v) is 3.34. The van der Waals surface area contributed by atoms with Gasteiger partial charge in [0.15, 0.2) is 0 Å². The summed E-state index contributed by atoms with van der Waals surface area (Å²) in [6.07, 6.45) is 1.61. The second-order valence-corrected chi connectivity index (χ2v) is 4.61. The maximum Gasteiger partial charge on any atom is 0.143 e. The molecule has 0 saturated heterocycles. The summed E-state index contributed by atoms with van der Waals surface area (Å²) in [4.78, 5) is 2.31. The van der Waals surface area contributed by atoms with Crippen LogP contribution in [0, 0.1) is 0 Å². The molecule has 6 heteroatoms. The van der Waals surface area contributed by atoms with E-state index in [1.54, 1.807) is 11.0 Å². The topological polar surface area (TPSA) is 58.9 Å².